The molecule has 1 fully saturated rings. The molecule has 2 rings (SSSR count). The number of rotatable bonds is 5. The Balaban J connectivity index is 0.00000200. The van der Waals surface area contributed by atoms with Crippen LogP contribution in [0, 0.1) is 19.8 Å². The van der Waals surface area contributed by atoms with Gasteiger partial charge < -0.3 is 15.6 Å². The molecule has 0 aliphatic heterocycles. The zero-order chi connectivity index (χ0) is 14.2. The van der Waals surface area contributed by atoms with Crippen molar-refractivity contribution in [1.29, 1.82) is 0 Å². The first kappa shape index (κ1) is 17.1. The molecule has 1 amide bonds. The van der Waals surface area contributed by atoms with Gasteiger partial charge in [0.15, 0.2) is 0 Å². The summed E-state index contributed by atoms with van der Waals surface area (Å²) in [5.74, 6) is 0.602. The lowest BCUT2D eigenvalue weighted by atomic mass is 10.1. The second-order valence-electron chi connectivity index (χ2n) is 5.90. The number of carbonyl (C=O) groups excluding carboxylic acids is 1. The molecule has 1 aliphatic carbocycles. The highest BCUT2D eigenvalue weighted by Gasteiger charge is 2.32. The summed E-state index contributed by atoms with van der Waals surface area (Å²) in [7, 11) is 0. The van der Waals surface area contributed by atoms with Gasteiger partial charge in [0.1, 0.15) is 0 Å². The highest BCUT2D eigenvalue weighted by molar-refractivity contribution is 5.96. The summed E-state index contributed by atoms with van der Waals surface area (Å²) < 4.78 is 2.20. The highest BCUT2D eigenvalue weighted by atomic mass is 35.5. The van der Waals surface area contributed by atoms with E-state index < -0.39 is 0 Å². The van der Waals surface area contributed by atoms with Gasteiger partial charge in [0.2, 0.25) is 0 Å². The van der Waals surface area contributed by atoms with Gasteiger partial charge in [-0.1, -0.05) is 0 Å². The molecule has 1 unspecified atom stereocenters. The van der Waals surface area contributed by atoms with Crippen LogP contribution in [0.3, 0.4) is 0 Å². The smallest absolute Gasteiger partial charge is 0.253 e. The molecule has 114 valence electrons. The lowest BCUT2D eigenvalue weighted by molar-refractivity contribution is 0.0932. The fourth-order valence-corrected chi connectivity index (χ4v) is 2.92. The number of nitrogens with one attached hydrogen (secondary N) is 1. The molecule has 1 aromatic heterocycles. The zero-order valence-electron chi connectivity index (χ0n) is 12.8. The maximum atomic E-state index is 12.4. The summed E-state index contributed by atoms with van der Waals surface area (Å²) in [6, 6.07) is 2.48. The normalized spacial score (nSPS) is 15.9. The number of hydrogen-bond donors (Lipinski definition) is 2. The van der Waals surface area contributed by atoms with Crippen LogP contribution in [0.1, 0.15) is 54.5 Å². The maximum absolute atomic E-state index is 12.4. The van der Waals surface area contributed by atoms with Gasteiger partial charge >= 0.3 is 0 Å². The molecule has 0 saturated heterocycles. The largest absolute Gasteiger partial charge is 0.348 e. The van der Waals surface area contributed by atoms with Gasteiger partial charge in [-0.2, -0.15) is 0 Å². The standard InChI is InChI=1S/C15H25N3O.ClH/c1-9(2)18-10(3)7-13(11(18)4)15(19)17-14(8-16)12-5-6-12;/h7,9,12,14H,5-6,8,16H2,1-4H3,(H,17,19);1H. The third kappa shape index (κ3) is 3.36. The molecular weight excluding hydrogens is 274 g/mol. The molecule has 1 aliphatic rings. The maximum Gasteiger partial charge on any atom is 0.253 e. The Hall–Kier alpha value is -1.000. The molecule has 0 radical (unpaired) electrons. The van der Waals surface area contributed by atoms with Crippen LogP contribution >= 0.6 is 12.4 Å². The Kier molecular flexibility index (Phi) is 5.66. The number of halogens is 1. The van der Waals surface area contributed by atoms with E-state index in [1.807, 2.05) is 19.9 Å². The van der Waals surface area contributed by atoms with Crippen molar-refractivity contribution >= 4 is 18.3 Å². The van der Waals surface area contributed by atoms with Crippen molar-refractivity contribution in [3.63, 3.8) is 0 Å². The van der Waals surface area contributed by atoms with Crippen LogP contribution in [0.5, 0.6) is 0 Å². The Morgan fingerprint density at radius 1 is 1.45 bits per heavy atom. The predicted molar refractivity (Wildman–Crippen MR) is 84.6 cm³/mol. The van der Waals surface area contributed by atoms with Crippen molar-refractivity contribution < 1.29 is 4.79 Å². The van der Waals surface area contributed by atoms with Crippen molar-refractivity contribution in [2.24, 2.45) is 11.7 Å². The van der Waals surface area contributed by atoms with E-state index in [1.54, 1.807) is 0 Å². The van der Waals surface area contributed by atoms with Gasteiger partial charge in [0.25, 0.3) is 5.91 Å². The third-order valence-corrected chi connectivity index (χ3v) is 4.01. The molecular formula is C15H26ClN3O. The second kappa shape index (κ2) is 6.64. The first-order valence-corrected chi connectivity index (χ1v) is 7.15. The number of amides is 1. The number of aryl methyl sites for hydroxylation is 1. The molecule has 0 aromatic carbocycles. The van der Waals surface area contributed by atoms with Crippen LogP contribution in [0.2, 0.25) is 0 Å². The van der Waals surface area contributed by atoms with Gasteiger partial charge in [-0.3, -0.25) is 4.79 Å². The van der Waals surface area contributed by atoms with E-state index in [0.29, 0.717) is 18.5 Å². The lowest BCUT2D eigenvalue weighted by Crippen LogP contribution is -2.41. The van der Waals surface area contributed by atoms with E-state index in [1.165, 1.54) is 12.8 Å². The van der Waals surface area contributed by atoms with Crippen LogP contribution in [0.15, 0.2) is 6.07 Å². The van der Waals surface area contributed by atoms with E-state index in [2.05, 4.69) is 23.7 Å². The van der Waals surface area contributed by atoms with Crippen molar-refractivity contribution in [3.8, 4) is 0 Å². The van der Waals surface area contributed by atoms with Gasteiger partial charge in [0, 0.05) is 30.0 Å². The molecule has 3 N–H and O–H groups in total. The van der Waals surface area contributed by atoms with E-state index in [4.69, 9.17) is 5.73 Å². The second-order valence-corrected chi connectivity index (χ2v) is 5.90. The fraction of sp³-hybridized carbons (Fsp3) is 0.667. The van der Waals surface area contributed by atoms with Gasteiger partial charge in [-0.05, 0) is 52.5 Å². The molecule has 1 atom stereocenters. The lowest BCUT2D eigenvalue weighted by Gasteiger charge is -2.17. The SMILES string of the molecule is Cc1cc(C(=O)NC(CN)C2CC2)c(C)n1C(C)C.Cl. The molecule has 0 bridgehead atoms. The van der Waals surface area contributed by atoms with Crippen LogP contribution in [-0.4, -0.2) is 23.1 Å². The molecule has 1 aromatic rings. The molecule has 4 nitrogen and oxygen atoms in total. The molecule has 1 heterocycles. The zero-order valence-corrected chi connectivity index (χ0v) is 13.6. The predicted octanol–water partition coefficient (Wildman–Crippen LogP) is 2.57. The van der Waals surface area contributed by atoms with Crippen molar-refractivity contribution in [2.45, 2.75) is 52.6 Å². The third-order valence-electron chi connectivity index (χ3n) is 4.01. The quantitative estimate of drug-likeness (QED) is 0.878. The minimum Gasteiger partial charge on any atom is -0.348 e. The van der Waals surface area contributed by atoms with Gasteiger partial charge in [0.05, 0.1) is 5.56 Å². The number of aromatic nitrogens is 1. The Bertz CT molecular complexity index is 478. The van der Waals surface area contributed by atoms with E-state index in [9.17, 15) is 4.79 Å². The first-order chi connectivity index (χ1) is 8.95. The average Bonchev–Trinajstić information content (AvgIpc) is 3.12. The number of hydrogen-bond acceptors (Lipinski definition) is 2. The highest BCUT2D eigenvalue weighted by Crippen LogP contribution is 2.32. The summed E-state index contributed by atoms with van der Waals surface area (Å²) in [6.07, 6.45) is 2.38. The first-order valence-electron chi connectivity index (χ1n) is 7.15. The summed E-state index contributed by atoms with van der Waals surface area (Å²) in [6.45, 7) is 8.85. The minimum absolute atomic E-state index is 0. The summed E-state index contributed by atoms with van der Waals surface area (Å²) >= 11 is 0. The Labute approximate surface area is 127 Å². The van der Waals surface area contributed by atoms with Crippen molar-refractivity contribution in [1.82, 2.24) is 9.88 Å². The van der Waals surface area contributed by atoms with Crippen LogP contribution in [0.25, 0.3) is 0 Å². The van der Waals surface area contributed by atoms with E-state index >= 15 is 0 Å². The molecule has 1 saturated carbocycles. The van der Waals surface area contributed by atoms with E-state index in [-0.39, 0.29) is 24.4 Å². The van der Waals surface area contributed by atoms with Gasteiger partial charge in [-0.15, -0.1) is 12.4 Å². The molecule has 5 heteroatoms. The topological polar surface area (TPSA) is 60.1 Å². The summed E-state index contributed by atoms with van der Waals surface area (Å²) in [5, 5.41) is 3.09. The minimum atomic E-state index is 0. The van der Waals surface area contributed by atoms with E-state index in [0.717, 1.165) is 17.0 Å². The number of nitrogens with zero attached hydrogens (tertiary/aromatic N) is 1. The summed E-state index contributed by atoms with van der Waals surface area (Å²) in [4.78, 5) is 12.4. The number of carbonyl (C=O) groups is 1. The monoisotopic (exact) mass is 299 g/mol. The van der Waals surface area contributed by atoms with Crippen LogP contribution < -0.4 is 11.1 Å². The Morgan fingerprint density at radius 3 is 2.45 bits per heavy atom. The van der Waals surface area contributed by atoms with Crippen molar-refractivity contribution in [2.75, 3.05) is 6.54 Å². The van der Waals surface area contributed by atoms with Crippen molar-refractivity contribution in [3.05, 3.63) is 23.0 Å². The van der Waals surface area contributed by atoms with Crippen LogP contribution in [-0.2, 0) is 0 Å². The average molecular weight is 300 g/mol. The van der Waals surface area contributed by atoms with Gasteiger partial charge in [-0.25, -0.2) is 0 Å². The fourth-order valence-electron chi connectivity index (χ4n) is 2.92. The molecule has 0 spiro atoms. The Morgan fingerprint density at radius 2 is 2.05 bits per heavy atom. The molecule has 20 heavy (non-hydrogen) atoms. The van der Waals surface area contributed by atoms with Crippen LogP contribution in [0.4, 0.5) is 0 Å². The number of nitrogens with two attached hydrogens (primary N) is 1. The summed E-state index contributed by atoms with van der Waals surface area (Å²) in [5.41, 5.74) is 8.70.